The van der Waals surface area contributed by atoms with Crippen LogP contribution in [0.4, 0.5) is 26.3 Å². The Bertz CT molecular complexity index is 5560. The van der Waals surface area contributed by atoms with Crippen molar-refractivity contribution in [2.75, 3.05) is 7.11 Å². The lowest BCUT2D eigenvalue weighted by Gasteiger charge is -2.36. The van der Waals surface area contributed by atoms with Gasteiger partial charge in [0.2, 0.25) is 0 Å². The number of methoxy groups -OCH3 is 1. The number of carbonyl (C=O) groups excluding carboxylic acids is 1. The second kappa shape index (κ2) is 58.8. The van der Waals surface area contributed by atoms with E-state index in [2.05, 4.69) is 135 Å². The molecule has 0 spiro atoms. The number of rotatable bonds is 13. The molecule has 14 aromatic rings. The molecule has 0 aliphatic heterocycles. The van der Waals surface area contributed by atoms with E-state index < -0.39 is 11.6 Å². The first-order chi connectivity index (χ1) is 68.4. The number of esters is 1. The van der Waals surface area contributed by atoms with Gasteiger partial charge in [-0.25, -0.2) is 31.1 Å². The first kappa shape index (κ1) is 115. The van der Waals surface area contributed by atoms with Crippen LogP contribution in [0.5, 0.6) is 0 Å². The van der Waals surface area contributed by atoms with Gasteiger partial charge in [0.15, 0.2) is 0 Å². The fourth-order valence-electron chi connectivity index (χ4n) is 19.1. The number of halogens is 6. The topological polar surface area (TPSA) is 26.3 Å². The average molecular weight is 1930 g/mol. The van der Waals surface area contributed by atoms with Crippen molar-refractivity contribution in [3.63, 3.8) is 0 Å². The van der Waals surface area contributed by atoms with E-state index in [1.807, 2.05) is 251 Å². The molecule has 0 radical (unpaired) electrons. The van der Waals surface area contributed by atoms with E-state index in [0.29, 0.717) is 33.4 Å². The van der Waals surface area contributed by atoms with Crippen molar-refractivity contribution >= 4 is 5.97 Å². The number of hydrogen-bond acceptors (Lipinski definition) is 2. The van der Waals surface area contributed by atoms with Crippen molar-refractivity contribution in [3.8, 4) is 66.8 Å². The van der Waals surface area contributed by atoms with Crippen molar-refractivity contribution < 1.29 is 35.9 Å². The van der Waals surface area contributed by atoms with Crippen LogP contribution in [0.25, 0.3) is 66.8 Å². The third-order valence-corrected chi connectivity index (χ3v) is 29.3. The molecule has 0 unspecified atom stereocenters. The highest BCUT2D eigenvalue weighted by Crippen LogP contribution is 2.44. The van der Waals surface area contributed by atoms with Gasteiger partial charge in [-0.2, -0.15) is 0 Å². The second-order valence-corrected chi connectivity index (χ2v) is 41.8. The van der Waals surface area contributed by atoms with Crippen LogP contribution in [0.3, 0.4) is 0 Å². The molecule has 8 heteroatoms. The van der Waals surface area contributed by atoms with Crippen LogP contribution < -0.4 is 0 Å². The maximum Gasteiger partial charge on any atom is 0.337 e. The average Bonchev–Trinajstić information content (AvgIpc) is 0.824. The normalized spacial score (nSPS) is 17.1. The summed E-state index contributed by atoms with van der Waals surface area (Å²) in [4.78, 5) is 10.9. The summed E-state index contributed by atoms with van der Waals surface area (Å²) in [6.45, 7) is 43.4. The van der Waals surface area contributed by atoms with Crippen LogP contribution in [-0.2, 0) is 4.74 Å². The first-order valence-electron chi connectivity index (χ1n) is 52.6. The highest BCUT2D eigenvalue weighted by Gasteiger charge is 2.30. The molecule has 14 aromatic carbocycles. The minimum absolute atomic E-state index is 0.0656. The molecule has 0 saturated heterocycles. The Balaban J connectivity index is 0.000000179. The van der Waals surface area contributed by atoms with Crippen LogP contribution >= 0.6 is 0 Å². The largest absolute Gasteiger partial charge is 0.465 e. The molecule has 0 aromatic heterocycles. The fraction of sp³-hybridized carbons (Fsp3) is 0.370. The standard InChI is InChI=1S/C24H44.C16H18.C14H12F2.4C14H13F.C9H10O2.C8H16.C8H10/c1-3-19-5-9-21(10-6-19)17-23-13-15-24(16-14-23)18-22-11-7-20(4-2)8-12-22;1-11-5-7-15(8-6-11)16-9-12(2)14(4)13(3)10-16;1-9-3-5-11(6-4-9)12-7-13(15)10(2)14(16)8-12;4*1-10-3-6-12(7-4-10)13-8-5-11(2)9-14(13)15;1-7-3-5-8(6-4-7)9(10)11-2;2*1-7-3-5-8(2)6-4-7/h19-24H,3-18H2,1-2H3;5-10H,1-4H3;3-8H,1-2H3;4*3-9H,1-2H3;3-6H,1-2H3;7-8H,3-6H2,1-2H3;3-6H,1-2H3. The van der Waals surface area contributed by atoms with Gasteiger partial charge in [0, 0.05) is 27.8 Å². The zero-order chi connectivity index (χ0) is 104. The van der Waals surface area contributed by atoms with Gasteiger partial charge in [0.25, 0.3) is 0 Å². The predicted molar refractivity (Wildman–Crippen MR) is 599 cm³/mol. The fourth-order valence-corrected chi connectivity index (χ4v) is 19.1. The molecular formula is C135H162F6O2. The van der Waals surface area contributed by atoms with Gasteiger partial charge in [-0.15, -0.1) is 0 Å². The Morgan fingerprint density at radius 1 is 0.224 bits per heavy atom. The molecule has 0 heterocycles. The minimum atomic E-state index is -0.504. The van der Waals surface area contributed by atoms with Crippen LogP contribution in [-0.4, -0.2) is 13.1 Å². The smallest absolute Gasteiger partial charge is 0.337 e. The zero-order valence-electron chi connectivity index (χ0n) is 90.1. The van der Waals surface area contributed by atoms with E-state index in [-0.39, 0.29) is 34.8 Å². The lowest BCUT2D eigenvalue weighted by molar-refractivity contribution is 0.0600. The lowest BCUT2D eigenvalue weighted by Crippen LogP contribution is -2.23. The molecule has 0 N–H and O–H groups in total. The number of hydrogen-bond donors (Lipinski definition) is 0. The van der Waals surface area contributed by atoms with Crippen molar-refractivity contribution in [1.29, 1.82) is 0 Å². The summed E-state index contributed by atoms with van der Waals surface area (Å²) >= 11 is 0. The maximum atomic E-state index is 13.6. The van der Waals surface area contributed by atoms with Crippen LogP contribution in [0.1, 0.15) is 261 Å². The molecule has 2 nitrogen and oxygen atoms in total. The summed E-state index contributed by atoms with van der Waals surface area (Å²) < 4.78 is 85.8. The maximum absolute atomic E-state index is 13.6. The van der Waals surface area contributed by atoms with E-state index in [4.69, 9.17) is 0 Å². The van der Waals surface area contributed by atoms with Gasteiger partial charge in [-0.1, -0.05) is 436 Å². The number of carbonyl (C=O) groups is 1. The third-order valence-electron chi connectivity index (χ3n) is 29.3. The van der Waals surface area contributed by atoms with Gasteiger partial charge in [0.05, 0.1) is 12.7 Å². The van der Waals surface area contributed by atoms with Crippen molar-refractivity contribution in [2.45, 2.75) is 274 Å². The van der Waals surface area contributed by atoms with E-state index in [0.717, 1.165) is 109 Å². The molecule has 18 rings (SSSR count). The number of benzene rings is 14. The van der Waals surface area contributed by atoms with Gasteiger partial charge in [-0.3, -0.25) is 0 Å². The Morgan fingerprint density at radius 2 is 0.420 bits per heavy atom. The highest BCUT2D eigenvalue weighted by atomic mass is 19.2. The Kier molecular flexibility index (Phi) is 47.2. The minimum Gasteiger partial charge on any atom is -0.465 e. The summed E-state index contributed by atoms with van der Waals surface area (Å²) in [6, 6.07) is 92.1. The van der Waals surface area contributed by atoms with Gasteiger partial charge in [0.1, 0.15) is 34.9 Å². The van der Waals surface area contributed by atoms with E-state index in [1.165, 1.54) is 157 Å². The molecule has 4 aliphatic rings. The Morgan fingerprint density at radius 3 is 0.636 bits per heavy atom. The third kappa shape index (κ3) is 39.0. The van der Waals surface area contributed by atoms with Gasteiger partial charge in [-0.05, 0) is 310 Å². The zero-order valence-corrected chi connectivity index (χ0v) is 90.1. The van der Waals surface area contributed by atoms with E-state index in [1.54, 1.807) is 101 Å². The molecule has 4 saturated carbocycles. The number of aryl methyl sites for hydroxylation is 15. The Labute approximate surface area is 857 Å². The lowest BCUT2D eigenvalue weighted by atomic mass is 9.70. The molecule has 0 bridgehead atoms. The molecular weight excluding hydrogens is 1770 g/mol. The quantitative estimate of drug-likeness (QED) is 0.0849. The summed E-state index contributed by atoms with van der Waals surface area (Å²) in [5.41, 5.74) is 30.0. The van der Waals surface area contributed by atoms with Crippen LogP contribution in [0, 0.1) is 200 Å². The summed E-state index contributed by atoms with van der Waals surface area (Å²) in [7, 11) is 1.38. The molecule has 756 valence electrons. The predicted octanol–water partition coefficient (Wildman–Crippen LogP) is 40.2. The summed E-state index contributed by atoms with van der Waals surface area (Å²) in [5, 5.41) is 0. The summed E-state index contributed by atoms with van der Waals surface area (Å²) in [5.74, 6) is 6.65. The van der Waals surface area contributed by atoms with Crippen LogP contribution in [0.2, 0.25) is 0 Å². The number of ether oxygens (including phenoxy) is 1. The van der Waals surface area contributed by atoms with Crippen molar-refractivity contribution in [3.05, 3.63) is 426 Å². The molecule has 4 fully saturated rings. The first-order valence-corrected chi connectivity index (χ1v) is 52.6. The van der Waals surface area contributed by atoms with Crippen molar-refractivity contribution in [2.24, 2.45) is 47.3 Å². The molecule has 143 heavy (non-hydrogen) atoms. The SMILES string of the molecule is CC1CCC(C)CC1.CCC1CCC(CC2CCC(CC3CCC(CC)CC3)CC2)CC1.COC(=O)c1ccc(C)cc1.Cc1ccc(-c2cc(C)c(C)c(C)c2)cc1.Cc1ccc(-c2cc(F)c(C)c(F)c2)cc1.Cc1ccc(-c2ccc(C)cc2F)cc1.Cc1ccc(-c2ccc(C)cc2F)cc1.Cc1ccc(-c2ccc(C)cc2F)cc1.Cc1ccc(-c2ccc(C)cc2F)cc1.Cc1ccc(C)cc1. The molecule has 4 aliphatic carbocycles. The van der Waals surface area contributed by atoms with Crippen molar-refractivity contribution in [1.82, 2.24) is 0 Å². The molecule has 0 amide bonds. The molecule has 0 atom stereocenters. The van der Waals surface area contributed by atoms with Gasteiger partial charge >= 0.3 is 5.97 Å². The van der Waals surface area contributed by atoms with E-state index in [9.17, 15) is 31.1 Å². The summed E-state index contributed by atoms with van der Waals surface area (Å²) in [6.07, 6.45) is 30.6. The highest BCUT2D eigenvalue weighted by molar-refractivity contribution is 5.89. The second-order valence-electron chi connectivity index (χ2n) is 41.8. The van der Waals surface area contributed by atoms with E-state index >= 15 is 0 Å². The monoisotopic (exact) mass is 1930 g/mol. The van der Waals surface area contributed by atoms with Gasteiger partial charge < -0.3 is 4.74 Å². The van der Waals surface area contributed by atoms with Crippen LogP contribution in [0.15, 0.2) is 291 Å². The Hall–Kier alpha value is -11.9.